The molecule has 0 unspecified atom stereocenters. The molecule has 4 nitrogen and oxygen atoms in total. The summed E-state index contributed by atoms with van der Waals surface area (Å²) in [5, 5.41) is 0. The Morgan fingerprint density at radius 3 is 0.761 bits per heavy atom. The van der Waals surface area contributed by atoms with Crippen molar-refractivity contribution in [3.05, 3.63) is 162 Å². The maximum Gasteiger partial charge on any atom is 0.0463 e. The Morgan fingerprint density at radius 2 is 0.522 bits per heavy atom. The van der Waals surface area contributed by atoms with Crippen LogP contribution in [-0.2, 0) is 0 Å². The summed E-state index contributed by atoms with van der Waals surface area (Å²) in [6.45, 7) is 6.39. The number of rotatable bonds is 9. The van der Waals surface area contributed by atoms with Gasteiger partial charge in [-0.1, -0.05) is 36.4 Å². The quantitative estimate of drug-likeness (QED) is 0.163. The summed E-state index contributed by atoms with van der Waals surface area (Å²) < 4.78 is 0. The number of anilines is 9. The van der Waals surface area contributed by atoms with Crippen LogP contribution < -0.4 is 19.6 Å². The highest BCUT2D eigenvalue weighted by atomic mass is 15.2. The van der Waals surface area contributed by atoms with E-state index in [4.69, 9.17) is 0 Å². The lowest BCUT2D eigenvalue weighted by molar-refractivity contribution is 1.18. The third-order valence-corrected chi connectivity index (χ3v) is 8.65. The molecule has 0 radical (unpaired) electrons. The van der Waals surface area contributed by atoms with E-state index in [1.165, 1.54) is 33.8 Å². The maximum atomic E-state index is 2.32. The minimum Gasteiger partial charge on any atom is -0.345 e. The summed E-state index contributed by atoms with van der Waals surface area (Å²) in [7, 11) is 6.36. The van der Waals surface area contributed by atoms with Crippen LogP contribution in [-0.4, -0.2) is 21.1 Å². The molecule has 4 heteroatoms. The van der Waals surface area contributed by atoms with Gasteiger partial charge in [-0.25, -0.2) is 0 Å². The number of hydrogen-bond donors (Lipinski definition) is 0. The van der Waals surface area contributed by atoms with Gasteiger partial charge >= 0.3 is 0 Å². The molecule has 6 aromatic carbocycles. The molecule has 6 rings (SSSR count). The van der Waals surface area contributed by atoms with E-state index in [1.807, 2.05) is 0 Å². The topological polar surface area (TPSA) is 13.0 Å². The van der Waals surface area contributed by atoms with E-state index in [-0.39, 0.29) is 0 Å². The molecular weight excluding hydrogens is 560 g/mol. The van der Waals surface area contributed by atoms with Crippen LogP contribution in [0.4, 0.5) is 51.2 Å². The first-order valence-corrected chi connectivity index (χ1v) is 15.8. The van der Waals surface area contributed by atoms with Crippen LogP contribution in [0, 0.1) is 20.8 Å². The van der Waals surface area contributed by atoms with Crippen LogP contribution in [0.5, 0.6) is 0 Å². The van der Waals surface area contributed by atoms with Gasteiger partial charge in [0.1, 0.15) is 0 Å². The third kappa shape index (κ3) is 6.62. The zero-order chi connectivity index (χ0) is 32.2. The fourth-order valence-corrected chi connectivity index (χ4v) is 5.88. The second-order valence-corrected chi connectivity index (χ2v) is 12.1. The Morgan fingerprint density at radius 1 is 0.283 bits per heavy atom. The molecule has 46 heavy (non-hydrogen) atoms. The number of aryl methyl sites for hydroxylation is 3. The minimum absolute atomic E-state index is 1.10. The van der Waals surface area contributed by atoms with E-state index in [0.29, 0.717) is 0 Å². The molecule has 0 bridgehead atoms. The standard InChI is InChI=1S/C42H42N4/c1-31-10-7-13-40(28-31)43(4)34-16-22-37(23-17-34)46(38-24-18-35(19-25-38)44(5)41-14-8-11-32(2)29-41)39-26-20-36(21-27-39)45(6)42-15-9-12-33(3)30-42/h7-30H,1-6H3. The van der Waals surface area contributed by atoms with E-state index in [9.17, 15) is 0 Å². The lowest BCUT2D eigenvalue weighted by atomic mass is 10.1. The van der Waals surface area contributed by atoms with Crippen LogP contribution >= 0.6 is 0 Å². The van der Waals surface area contributed by atoms with Gasteiger partial charge in [0.2, 0.25) is 0 Å². The van der Waals surface area contributed by atoms with Gasteiger partial charge in [0.25, 0.3) is 0 Å². The number of hydrogen-bond acceptors (Lipinski definition) is 4. The molecule has 0 aliphatic rings. The number of nitrogens with zero attached hydrogens (tertiary/aromatic N) is 4. The fraction of sp³-hybridized carbons (Fsp3) is 0.143. The largest absolute Gasteiger partial charge is 0.345 e. The lowest BCUT2D eigenvalue weighted by Crippen LogP contribution is -2.13. The molecule has 0 fully saturated rings. The molecule has 230 valence electrons. The maximum absolute atomic E-state index is 2.32. The zero-order valence-electron chi connectivity index (χ0n) is 27.6. The van der Waals surface area contributed by atoms with Crippen molar-refractivity contribution in [2.75, 3.05) is 40.7 Å². The number of benzene rings is 6. The van der Waals surface area contributed by atoms with Crippen molar-refractivity contribution in [3.63, 3.8) is 0 Å². The minimum atomic E-state index is 1.10. The van der Waals surface area contributed by atoms with Crippen LogP contribution in [0.2, 0.25) is 0 Å². The SMILES string of the molecule is Cc1cccc(N(C)c2ccc(N(c3ccc(N(C)c4cccc(C)c4)cc3)c3ccc(N(C)c4cccc(C)c4)cc3)cc2)c1. The monoisotopic (exact) mass is 602 g/mol. The Labute approximate surface area is 274 Å². The molecular formula is C42H42N4. The summed E-state index contributed by atoms with van der Waals surface area (Å²) in [6.07, 6.45) is 0. The lowest BCUT2D eigenvalue weighted by Gasteiger charge is -2.28. The molecule has 0 saturated carbocycles. The van der Waals surface area contributed by atoms with Crippen LogP contribution in [0.3, 0.4) is 0 Å². The van der Waals surface area contributed by atoms with Gasteiger partial charge in [-0.15, -0.1) is 0 Å². The van der Waals surface area contributed by atoms with E-state index in [0.717, 1.165) is 34.1 Å². The predicted molar refractivity (Wildman–Crippen MR) is 199 cm³/mol. The van der Waals surface area contributed by atoms with Gasteiger partial charge in [-0.05, 0) is 147 Å². The van der Waals surface area contributed by atoms with Crippen molar-refractivity contribution in [1.82, 2.24) is 0 Å². The molecule has 0 aliphatic carbocycles. The van der Waals surface area contributed by atoms with Crippen molar-refractivity contribution in [3.8, 4) is 0 Å². The highest BCUT2D eigenvalue weighted by Gasteiger charge is 2.15. The summed E-state index contributed by atoms with van der Waals surface area (Å²) in [4.78, 5) is 9.01. The second-order valence-electron chi connectivity index (χ2n) is 12.1. The smallest absolute Gasteiger partial charge is 0.0463 e. The molecule has 6 aromatic rings. The normalized spacial score (nSPS) is 10.8. The van der Waals surface area contributed by atoms with Crippen molar-refractivity contribution >= 4 is 51.2 Å². The molecule has 0 amide bonds. The van der Waals surface area contributed by atoms with Crippen molar-refractivity contribution in [2.45, 2.75) is 20.8 Å². The van der Waals surface area contributed by atoms with Gasteiger partial charge in [0.05, 0.1) is 0 Å². The molecule has 0 aromatic heterocycles. The van der Waals surface area contributed by atoms with E-state index in [2.05, 4.69) is 207 Å². The van der Waals surface area contributed by atoms with Gasteiger partial charge < -0.3 is 19.6 Å². The first-order valence-electron chi connectivity index (χ1n) is 15.8. The van der Waals surface area contributed by atoms with Crippen LogP contribution in [0.25, 0.3) is 0 Å². The molecule has 0 aliphatic heterocycles. The summed E-state index contributed by atoms with van der Waals surface area (Å²) in [5.41, 5.74) is 14.0. The molecule has 0 saturated heterocycles. The summed E-state index contributed by atoms with van der Waals surface area (Å²) >= 11 is 0. The van der Waals surface area contributed by atoms with Crippen molar-refractivity contribution in [2.24, 2.45) is 0 Å². The fourth-order valence-electron chi connectivity index (χ4n) is 5.88. The van der Waals surface area contributed by atoms with Gasteiger partial charge in [0, 0.05) is 72.3 Å². The van der Waals surface area contributed by atoms with Crippen LogP contribution in [0.15, 0.2) is 146 Å². The second kappa shape index (κ2) is 13.3. The third-order valence-electron chi connectivity index (χ3n) is 8.65. The summed E-state index contributed by atoms with van der Waals surface area (Å²) in [6, 6.07) is 52.3. The van der Waals surface area contributed by atoms with Crippen LogP contribution in [0.1, 0.15) is 16.7 Å². The predicted octanol–water partition coefficient (Wildman–Crippen LogP) is 11.4. The van der Waals surface area contributed by atoms with E-state index < -0.39 is 0 Å². The summed E-state index contributed by atoms with van der Waals surface area (Å²) in [5.74, 6) is 0. The average Bonchev–Trinajstić information content (AvgIpc) is 3.08. The first-order chi connectivity index (χ1) is 22.3. The molecule has 0 spiro atoms. The molecule has 0 heterocycles. The van der Waals surface area contributed by atoms with Gasteiger partial charge in [-0.3, -0.25) is 0 Å². The molecule has 0 atom stereocenters. The Hall–Kier alpha value is -5.48. The Bertz CT molecular complexity index is 1680. The van der Waals surface area contributed by atoms with E-state index >= 15 is 0 Å². The average molecular weight is 603 g/mol. The first kappa shape index (κ1) is 30.5. The van der Waals surface area contributed by atoms with Crippen molar-refractivity contribution < 1.29 is 0 Å². The molecule has 0 N–H and O–H groups in total. The Balaban J connectivity index is 1.34. The highest BCUT2D eigenvalue weighted by Crippen LogP contribution is 2.38. The van der Waals surface area contributed by atoms with E-state index in [1.54, 1.807) is 0 Å². The van der Waals surface area contributed by atoms with Gasteiger partial charge in [0.15, 0.2) is 0 Å². The zero-order valence-corrected chi connectivity index (χ0v) is 27.6. The highest BCUT2D eigenvalue weighted by molar-refractivity contribution is 5.80. The van der Waals surface area contributed by atoms with Crippen molar-refractivity contribution in [1.29, 1.82) is 0 Å². The Kier molecular flexibility index (Phi) is 8.80. The van der Waals surface area contributed by atoms with Gasteiger partial charge in [-0.2, -0.15) is 0 Å².